The van der Waals surface area contributed by atoms with Crippen LogP contribution in [0.25, 0.3) is 16.5 Å². The summed E-state index contributed by atoms with van der Waals surface area (Å²) >= 11 is 0. The van der Waals surface area contributed by atoms with Crippen LogP contribution in [0.2, 0.25) is 0 Å². The van der Waals surface area contributed by atoms with E-state index < -0.39 is 11.6 Å². The van der Waals surface area contributed by atoms with Crippen LogP contribution in [0, 0.1) is 0 Å². The zero-order chi connectivity index (χ0) is 20.0. The number of para-hydroxylation sites is 1. The number of carbonyl (C=O) groups excluding carboxylic acids is 2. The number of carbonyl (C=O) groups is 2. The molecule has 0 saturated heterocycles. The van der Waals surface area contributed by atoms with E-state index in [1.807, 2.05) is 36.5 Å². The van der Waals surface area contributed by atoms with Crippen LogP contribution in [0.5, 0.6) is 0 Å². The molecule has 1 atom stereocenters. The maximum Gasteiger partial charge on any atom is 0.339 e. The van der Waals surface area contributed by atoms with Gasteiger partial charge in [0.2, 0.25) is 0 Å². The van der Waals surface area contributed by atoms with Crippen molar-refractivity contribution in [3.63, 3.8) is 0 Å². The SMILES string of the molecule is C[C@]1(C(=O)N2CC=C(c3c[nH]c4ccccc34)CC2)Cc2ccccc2C(=O)O1. The lowest BCUT2D eigenvalue weighted by Crippen LogP contribution is -2.54. The van der Waals surface area contributed by atoms with Gasteiger partial charge in [0.15, 0.2) is 5.60 Å². The molecule has 29 heavy (non-hydrogen) atoms. The van der Waals surface area contributed by atoms with Crippen LogP contribution in [0.15, 0.2) is 60.8 Å². The molecule has 3 aromatic rings. The van der Waals surface area contributed by atoms with Gasteiger partial charge in [-0.1, -0.05) is 42.5 Å². The predicted octanol–water partition coefficient (Wildman–Crippen LogP) is 3.96. The van der Waals surface area contributed by atoms with Gasteiger partial charge in [-0.15, -0.1) is 0 Å². The third kappa shape index (κ3) is 2.94. The number of aromatic amines is 1. The highest BCUT2D eigenvalue weighted by Crippen LogP contribution is 2.33. The monoisotopic (exact) mass is 386 g/mol. The van der Waals surface area contributed by atoms with Crippen molar-refractivity contribution in [3.8, 4) is 0 Å². The molecule has 5 rings (SSSR count). The van der Waals surface area contributed by atoms with E-state index in [9.17, 15) is 9.59 Å². The zero-order valence-corrected chi connectivity index (χ0v) is 16.3. The van der Waals surface area contributed by atoms with Crippen molar-refractivity contribution in [2.45, 2.75) is 25.4 Å². The number of ether oxygens (including phenoxy) is 1. The smallest absolute Gasteiger partial charge is 0.339 e. The number of H-pyrrole nitrogens is 1. The summed E-state index contributed by atoms with van der Waals surface area (Å²) in [6.07, 6.45) is 5.32. The van der Waals surface area contributed by atoms with Crippen LogP contribution in [-0.4, -0.2) is 40.5 Å². The van der Waals surface area contributed by atoms with Crippen LogP contribution in [0.4, 0.5) is 0 Å². The molecule has 0 bridgehead atoms. The van der Waals surface area contributed by atoms with Crippen LogP contribution in [-0.2, 0) is 16.0 Å². The van der Waals surface area contributed by atoms with E-state index in [1.54, 1.807) is 17.9 Å². The Morgan fingerprint density at radius 3 is 2.72 bits per heavy atom. The van der Waals surface area contributed by atoms with Gasteiger partial charge in [0, 0.05) is 42.2 Å². The average Bonchev–Trinajstić information content (AvgIpc) is 3.17. The summed E-state index contributed by atoms with van der Waals surface area (Å²) in [5.74, 6) is -0.552. The number of esters is 1. The molecule has 0 unspecified atom stereocenters. The fraction of sp³-hybridized carbons (Fsp3) is 0.250. The van der Waals surface area contributed by atoms with Crippen molar-refractivity contribution in [2.75, 3.05) is 13.1 Å². The Bertz CT molecular complexity index is 1160. The van der Waals surface area contributed by atoms with Gasteiger partial charge in [-0.05, 0) is 36.6 Å². The predicted molar refractivity (Wildman–Crippen MR) is 111 cm³/mol. The largest absolute Gasteiger partial charge is 0.445 e. The van der Waals surface area contributed by atoms with Gasteiger partial charge in [-0.25, -0.2) is 4.79 Å². The quantitative estimate of drug-likeness (QED) is 0.678. The highest BCUT2D eigenvalue weighted by Gasteiger charge is 2.44. The normalized spacial score (nSPS) is 21.5. The Morgan fingerprint density at radius 1 is 1.10 bits per heavy atom. The molecule has 1 N–H and O–H groups in total. The fourth-order valence-electron chi connectivity index (χ4n) is 4.42. The van der Waals surface area contributed by atoms with Crippen LogP contribution in [0.1, 0.15) is 34.8 Å². The van der Waals surface area contributed by atoms with E-state index in [0.29, 0.717) is 25.1 Å². The maximum absolute atomic E-state index is 13.2. The van der Waals surface area contributed by atoms with Gasteiger partial charge in [0.25, 0.3) is 5.91 Å². The number of fused-ring (bicyclic) bond motifs is 2. The van der Waals surface area contributed by atoms with Gasteiger partial charge < -0.3 is 14.6 Å². The molecule has 0 radical (unpaired) electrons. The minimum Gasteiger partial charge on any atom is -0.445 e. The topological polar surface area (TPSA) is 62.4 Å². The second-order valence-corrected chi connectivity index (χ2v) is 7.93. The molecular weight excluding hydrogens is 364 g/mol. The number of amides is 1. The minimum atomic E-state index is -1.16. The molecule has 5 heteroatoms. The van der Waals surface area contributed by atoms with Crippen molar-refractivity contribution in [3.05, 3.63) is 77.5 Å². The van der Waals surface area contributed by atoms with Gasteiger partial charge in [-0.2, -0.15) is 0 Å². The van der Waals surface area contributed by atoms with Crippen molar-refractivity contribution in [2.24, 2.45) is 0 Å². The van der Waals surface area contributed by atoms with Crippen molar-refractivity contribution >= 4 is 28.4 Å². The minimum absolute atomic E-state index is 0.130. The van der Waals surface area contributed by atoms with Gasteiger partial charge in [0.05, 0.1) is 5.56 Å². The summed E-state index contributed by atoms with van der Waals surface area (Å²) in [5.41, 5.74) is 3.81. The van der Waals surface area contributed by atoms with E-state index in [-0.39, 0.29) is 5.91 Å². The number of hydrogen-bond donors (Lipinski definition) is 1. The molecule has 0 fully saturated rings. The first-order valence-corrected chi connectivity index (χ1v) is 9.91. The molecule has 1 amide bonds. The lowest BCUT2D eigenvalue weighted by atomic mass is 9.88. The second-order valence-electron chi connectivity index (χ2n) is 7.93. The van der Waals surface area contributed by atoms with Gasteiger partial charge >= 0.3 is 5.97 Å². The molecule has 2 aliphatic heterocycles. The maximum atomic E-state index is 13.2. The average molecular weight is 386 g/mol. The number of rotatable bonds is 2. The Hall–Kier alpha value is -3.34. The van der Waals surface area contributed by atoms with Crippen LogP contribution < -0.4 is 0 Å². The van der Waals surface area contributed by atoms with E-state index in [2.05, 4.69) is 23.2 Å². The second kappa shape index (κ2) is 6.62. The number of nitrogens with zero attached hydrogens (tertiary/aromatic N) is 1. The lowest BCUT2D eigenvalue weighted by molar-refractivity contribution is -0.150. The summed E-state index contributed by atoms with van der Waals surface area (Å²) in [6, 6.07) is 15.6. The van der Waals surface area contributed by atoms with Crippen molar-refractivity contribution in [1.29, 1.82) is 0 Å². The van der Waals surface area contributed by atoms with E-state index in [4.69, 9.17) is 4.74 Å². The van der Waals surface area contributed by atoms with E-state index in [1.165, 1.54) is 16.5 Å². The zero-order valence-electron chi connectivity index (χ0n) is 16.3. The highest BCUT2D eigenvalue weighted by molar-refractivity contribution is 5.98. The standard InChI is InChI=1S/C24H22N2O3/c1-24(14-17-6-2-3-7-18(17)22(27)29-24)23(28)26-12-10-16(11-13-26)20-15-25-21-9-5-4-8-19(20)21/h2-10,15,25H,11-14H2,1H3/t24-/m1/s1. The third-order valence-corrected chi connectivity index (χ3v) is 5.97. The first-order chi connectivity index (χ1) is 14.0. The van der Waals surface area contributed by atoms with Gasteiger partial charge in [0.1, 0.15) is 0 Å². The van der Waals surface area contributed by atoms with Gasteiger partial charge in [-0.3, -0.25) is 4.79 Å². The number of nitrogens with one attached hydrogen (secondary N) is 1. The molecular formula is C24H22N2O3. The Kier molecular flexibility index (Phi) is 4.05. The Labute approximate surface area is 169 Å². The summed E-state index contributed by atoms with van der Waals surface area (Å²) < 4.78 is 5.62. The summed E-state index contributed by atoms with van der Waals surface area (Å²) in [6.45, 7) is 2.85. The fourth-order valence-corrected chi connectivity index (χ4v) is 4.42. The Balaban J connectivity index is 1.37. The Morgan fingerprint density at radius 2 is 1.90 bits per heavy atom. The summed E-state index contributed by atoms with van der Waals surface area (Å²) in [5, 5.41) is 1.20. The van der Waals surface area contributed by atoms with Crippen LogP contribution >= 0.6 is 0 Å². The molecule has 2 aromatic carbocycles. The molecule has 0 spiro atoms. The molecule has 1 aromatic heterocycles. The number of benzene rings is 2. The summed E-state index contributed by atoms with van der Waals surface area (Å²) in [7, 11) is 0. The molecule has 0 saturated carbocycles. The first-order valence-electron chi connectivity index (χ1n) is 9.91. The van der Waals surface area contributed by atoms with E-state index >= 15 is 0 Å². The molecule has 0 aliphatic carbocycles. The highest BCUT2D eigenvalue weighted by atomic mass is 16.6. The van der Waals surface area contributed by atoms with Crippen molar-refractivity contribution in [1.82, 2.24) is 9.88 Å². The first kappa shape index (κ1) is 17.7. The van der Waals surface area contributed by atoms with Crippen molar-refractivity contribution < 1.29 is 14.3 Å². The third-order valence-electron chi connectivity index (χ3n) is 5.97. The molecule has 3 heterocycles. The van der Waals surface area contributed by atoms with Crippen LogP contribution in [0.3, 0.4) is 0 Å². The number of aromatic nitrogens is 1. The molecule has 5 nitrogen and oxygen atoms in total. The number of hydrogen-bond acceptors (Lipinski definition) is 3. The number of cyclic esters (lactones) is 1. The van der Waals surface area contributed by atoms with E-state index in [0.717, 1.165) is 17.5 Å². The molecule has 146 valence electrons. The summed E-state index contributed by atoms with van der Waals surface area (Å²) in [4.78, 5) is 30.8. The lowest BCUT2D eigenvalue weighted by Gasteiger charge is -2.38. The molecule has 2 aliphatic rings.